The zero-order valence-corrected chi connectivity index (χ0v) is 13.7. The Labute approximate surface area is 139 Å². The van der Waals surface area contributed by atoms with Crippen LogP contribution < -0.4 is 14.8 Å². The van der Waals surface area contributed by atoms with Crippen LogP contribution in [0.4, 0.5) is 0 Å². The first kappa shape index (κ1) is 17.1. The van der Waals surface area contributed by atoms with Crippen LogP contribution in [-0.4, -0.2) is 25.3 Å². The molecule has 0 aromatic heterocycles. The summed E-state index contributed by atoms with van der Waals surface area (Å²) in [6.07, 6.45) is 0. The number of ether oxygens (including phenoxy) is 2. The van der Waals surface area contributed by atoms with Crippen molar-refractivity contribution in [3.05, 3.63) is 58.1 Å². The van der Waals surface area contributed by atoms with E-state index in [4.69, 9.17) is 26.2 Å². The van der Waals surface area contributed by atoms with Crippen LogP contribution in [-0.2, 0) is 13.1 Å². The third kappa shape index (κ3) is 4.37. The highest BCUT2D eigenvalue weighted by molar-refractivity contribution is 6.30. The van der Waals surface area contributed by atoms with Crippen molar-refractivity contribution in [1.82, 2.24) is 5.32 Å². The van der Waals surface area contributed by atoms with Crippen molar-refractivity contribution in [2.45, 2.75) is 13.1 Å². The molecule has 5 nitrogen and oxygen atoms in total. The van der Waals surface area contributed by atoms with Crippen LogP contribution in [0.1, 0.15) is 21.5 Å². The lowest BCUT2D eigenvalue weighted by Crippen LogP contribution is -2.14. The van der Waals surface area contributed by atoms with Crippen LogP contribution in [0, 0.1) is 0 Å². The summed E-state index contributed by atoms with van der Waals surface area (Å²) in [4.78, 5) is 10.8. The van der Waals surface area contributed by atoms with Crippen molar-refractivity contribution in [3.63, 3.8) is 0 Å². The largest absolute Gasteiger partial charge is 0.493 e. The predicted octanol–water partition coefficient (Wildman–Crippen LogP) is 3.35. The van der Waals surface area contributed by atoms with Crippen molar-refractivity contribution >= 4 is 17.6 Å². The minimum Gasteiger partial charge on any atom is -0.493 e. The molecule has 2 N–H and O–H groups in total. The van der Waals surface area contributed by atoms with Gasteiger partial charge in [0.25, 0.3) is 0 Å². The first-order valence-corrected chi connectivity index (χ1v) is 7.36. The third-order valence-corrected chi connectivity index (χ3v) is 3.58. The molecule has 0 saturated carbocycles. The van der Waals surface area contributed by atoms with Gasteiger partial charge in [0.1, 0.15) is 0 Å². The van der Waals surface area contributed by atoms with E-state index in [1.807, 2.05) is 6.07 Å². The quantitative estimate of drug-likeness (QED) is 0.812. The van der Waals surface area contributed by atoms with Crippen molar-refractivity contribution in [2.24, 2.45) is 0 Å². The molecule has 2 rings (SSSR count). The molecule has 0 radical (unpaired) electrons. The normalized spacial score (nSPS) is 10.4. The number of rotatable bonds is 7. The second-order valence-electron chi connectivity index (χ2n) is 4.91. The van der Waals surface area contributed by atoms with Crippen molar-refractivity contribution in [3.8, 4) is 11.5 Å². The van der Waals surface area contributed by atoms with E-state index >= 15 is 0 Å². The highest BCUT2D eigenvalue weighted by Crippen LogP contribution is 2.34. The lowest BCUT2D eigenvalue weighted by molar-refractivity contribution is 0.0697. The van der Waals surface area contributed by atoms with Gasteiger partial charge in [-0.15, -0.1) is 0 Å². The molecule has 0 amide bonds. The van der Waals surface area contributed by atoms with E-state index in [1.165, 1.54) is 0 Å². The van der Waals surface area contributed by atoms with Gasteiger partial charge in [0, 0.05) is 29.7 Å². The number of nitrogens with one attached hydrogen (secondary N) is 1. The Bertz CT molecular complexity index is 686. The Morgan fingerprint density at radius 3 is 2.39 bits per heavy atom. The fourth-order valence-corrected chi connectivity index (χ4v) is 2.47. The smallest absolute Gasteiger partial charge is 0.335 e. The summed E-state index contributed by atoms with van der Waals surface area (Å²) >= 11 is 6.08. The number of carbonyl (C=O) groups is 1. The lowest BCUT2D eigenvalue weighted by atomic mass is 10.1. The summed E-state index contributed by atoms with van der Waals surface area (Å²) in [6.45, 7) is 1.14. The molecule has 6 heteroatoms. The second kappa shape index (κ2) is 7.85. The Kier molecular flexibility index (Phi) is 5.84. The van der Waals surface area contributed by atoms with Crippen LogP contribution >= 0.6 is 11.6 Å². The molecule has 0 bridgehead atoms. The first-order chi connectivity index (χ1) is 11.0. The Hall–Kier alpha value is -2.24. The molecule has 2 aromatic rings. The highest BCUT2D eigenvalue weighted by atomic mass is 35.5. The molecule has 0 saturated heterocycles. The minimum absolute atomic E-state index is 0.273. The molecular formula is C17H18ClNO4. The maximum absolute atomic E-state index is 10.8. The van der Waals surface area contributed by atoms with Gasteiger partial charge >= 0.3 is 5.97 Å². The van der Waals surface area contributed by atoms with E-state index in [0.717, 1.165) is 11.1 Å². The molecule has 122 valence electrons. The molecule has 0 unspecified atom stereocenters. The first-order valence-electron chi connectivity index (χ1n) is 6.98. The molecule has 0 aliphatic rings. The lowest BCUT2D eigenvalue weighted by Gasteiger charge is -2.14. The number of carboxylic acids is 1. The molecule has 0 aliphatic carbocycles. The van der Waals surface area contributed by atoms with Crippen LogP contribution in [0.2, 0.25) is 5.02 Å². The van der Waals surface area contributed by atoms with Crippen LogP contribution in [0.25, 0.3) is 0 Å². The number of methoxy groups -OCH3 is 2. The topological polar surface area (TPSA) is 67.8 Å². The van der Waals surface area contributed by atoms with Crippen molar-refractivity contribution < 1.29 is 19.4 Å². The van der Waals surface area contributed by atoms with E-state index in [9.17, 15) is 4.79 Å². The summed E-state index contributed by atoms with van der Waals surface area (Å²) < 4.78 is 10.6. The average Bonchev–Trinajstić information content (AvgIpc) is 2.54. The van der Waals surface area contributed by atoms with Gasteiger partial charge < -0.3 is 19.9 Å². The number of hydrogen-bond acceptors (Lipinski definition) is 4. The number of carboxylic acid groups (broad SMARTS) is 1. The van der Waals surface area contributed by atoms with E-state index in [2.05, 4.69) is 5.32 Å². The summed E-state index contributed by atoms with van der Waals surface area (Å²) in [7, 11) is 3.15. The molecule has 0 atom stereocenters. The van der Waals surface area contributed by atoms with Gasteiger partial charge in [0.15, 0.2) is 11.5 Å². The molecular weight excluding hydrogens is 318 g/mol. The Morgan fingerprint density at radius 2 is 1.83 bits per heavy atom. The van der Waals surface area contributed by atoms with Gasteiger partial charge in [-0.05, 0) is 23.8 Å². The SMILES string of the molecule is COc1cc(Cl)cc(CNCc2ccc(C(=O)O)cc2)c1OC. The summed E-state index contributed by atoms with van der Waals surface area (Å²) in [5.41, 5.74) is 2.15. The third-order valence-electron chi connectivity index (χ3n) is 3.37. The molecule has 0 fully saturated rings. The van der Waals surface area contributed by atoms with Crippen LogP contribution in [0.5, 0.6) is 11.5 Å². The molecule has 0 aliphatic heterocycles. The van der Waals surface area contributed by atoms with E-state index in [-0.39, 0.29) is 5.56 Å². The summed E-state index contributed by atoms with van der Waals surface area (Å²) in [5, 5.41) is 12.7. The van der Waals surface area contributed by atoms with Crippen LogP contribution in [0.15, 0.2) is 36.4 Å². The monoisotopic (exact) mass is 335 g/mol. The number of benzene rings is 2. The minimum atomic E-state index is -0.930. The molecule has 2 aromatic carbocycles. The van der Waals surface area contributed by atoms with Crippen molar-refractivity contribution in [1.29, 1.82) is 0 Å². The maximum Gasteiger partial charge on any atom is 0.335 e. The van der Waals surface area contributed by atoms with Gasteiger partial charge in [-0.2, -0.15) is 0 Å². The Morgan fingerprint density at radius 1 is 1.13 bits per heavy atom. The van der Waals surface area contributed by atoms with E-state index in [0.29, 0.717) is 29.6 Å². The van der Waals surface area contributed by atoms with Crippen molar-refractivity contribution in [2.75, 3.05) is 14.2 Å². The fraction of sp³-hybridized carbons (Fsp3) is 0.235. The van der Waals surface area contributed by atoms with Gasteiger partial charge in [-0.1, -0.05) is 23.7 Å². The maximum atomic E-state index is 10.8. The summed E-state index contributed by atoms with van der Waals surface area (Å²) in [5.74, 6) is 0.300. The van der Waals surface area contributed by atoms with Gasteiger partial charge in [0.2, 0.25) is 0 Å². The predicted molar refractivity (Wildman–Crippen MR) is 88.5 cm³/mol. The number of hydrogen-bond donors (Lipinski definition) is 2. The standard InChI is InChI=1S/C17H18ClNO4/c1-22-15-8-14(18)7-13(16(15)23-2)10-19-9-11-3-5-12(6-4-11)17(20)21/h3-8,19H,9-10H2,1-2H3,(H,20,21). The number of aromatic carboxylic acids is 1. The van der Waals surface area contributed by atoms with E-state index < -0.39 is 5.97 Å². The Balaban J connectivity index is 2.03. The van der Waals surface area contributed by atoms with Gasteiger partial charge in [0.05, 0.1) is 19.8 Å². The zero-order chi connectivity index (χ0) is 16.8. The van der Waals surface area contributed by atoms with Crippen LogP contribution in [0.3, 0.4) is 0 Å². The summed E-state index contributed by atoms with van der Waals surface area (Å²) in [6, 6.07) is 10.3. The van der Waals surface area contributed by atoms with Gasteiger partial charge in [-0.3, -0.25) is 0 Å². The molecule has 0 heterocycles. The zero-order valence-electron chi connectivity index (χ0n) is 12.9. The van der Waals surface area contributed by atoms with Gasteiger partial charge in [-0.25, -0.2) is 4.79 Å². The molecule has 23 heavy (non-hydrogen) atoms. The molecule has 0 spiro atoms. The average molecular weight is 336 g/mol. The number of halogens is 1. The fourth-order valence-electron chi connectivity index (χ4n) is 2.24. The highest BCUT2D eigenvalue weighted by Gasteiger charge is 2.11. The second-order valence-corrected chi connectivity index (χ2v) is 5.34. The van der Waals surface area contributed by atoms with E-state index in [1.54, 1.807) is 44.6 Å².